The number of aromatic nitrogens is 1. The van der Waals surface area contributed by atoms with Gasteiger partial charge in [0.15, 0.2) is 5.13 Å². The molecule has 7 nitrogen and oxygen atoms in total. The molecule has 4 rings (SSSR count). The van der Waals surface area contributed by atoms with Crippen molar-refractivity contribution >= 4 is 32.2 Å². The van der Waals surface area contributed by atoms with Crippen LogP contribution in [0, 0.1) is 17.2 Å². The minimum absolute atomic E-state index is 0.0555. The van der Waals surface area contributed by atoms with Crippen molar-refractivity contribution < 1.29 is 8.42 Å². The summed E-state index contributed by atoms with van der Waals surface area (Å²) >= 11 is 1.20. The molecule has 0 bridgehead atoms. The number of nitrogens with zero attached hydrogens (tertiary/aromatic N) is 3. The normalized spacial score (nSPS) is 24.6. The first-order chi connectivity index (χ1) is 13.4. The molecule has 9 heteroatoms. The minimum atomic E-state index is -3.78. The van der Waals surface area contributed by atoms with Crippen molar-refractivity contribution in [2.24, 2.45) is 5.92 Å². The number of thiazole rings is 1. The van der Waals surface area contributed by atoms with Gasteiger partial charge in [0, 0.05) is 30.2 Å². The fraction of sp³-hybridized carbons (Fsp3) is 0.474. The summed E-state index contributed by atoms with van der Waals surface area (Å²) in [4.78, 5) is 6.56. The van der Waals surface area contributed by atoms with Crippen molar-refractivity contribution in [3.05, 3.63) is 35.3 Å². The lowest BCUT2D eigenvalue weighted by Gasteiger charge is -2.32. The highest BCUT2D eigenvalue weighted by molar-refractivity contribution is 7.93. The van der Waals surface area contributed by atoms with Gasteiger partial charge in [-0.15, -0.1) is 11.3 Å². The third kappa shape index (κ3) is 3.60. The van der Waals surface area contributed by atoms with E-state index in [1.807, 2.05) is 0 Å². The highest BCUT2D eigenvalue weighted by Crippen LogP contribution is 2.41. The first-order valence-corrected chi connectivity index (χ1v) is 11.7. The smallest absolute Gasteiger partial charge is 0.263 e. The second kappa shape index (κ2) is 7.35. The highest BCUT2D eigenvalue weighted by atomic mass is 32.2. The lowest BCUT2D eigenvalue weighted by Crippen LogP contribution is -2.44. The van der Waals surface area contributed by atoms with Gasteiger partial charge in [-0.25, -0.2) is 13.4 Å². The van der Waals surface area contributed by atoms with E-state index in [1.165, 1.54) is 36.1 Å². The first-order valence-electron chi connectivity index (χ1n) is 9.37. The Morgan fingerprint density at radius 3 is 3.07 bits per heavy atom. The Kier molecular flexibility index (Phi) is 5.04. The topological polar surface area (TPSA) is 98.1 Å². The number of hydrogen-bond donors (Lipinski definition) is 2. The maximum Gasteiger partial charge on any atom is 0.263 e. The van der Waals surface area contributed by atoms with Gasteiger partial charge < -0.3 is 5.32 Å². The molecule has 2 fully saturated rings. The van der Waals surface area contributed by atoms with E-state index in [0.29, 0.717) is 22.3 Å². The average Bonchev–Trinajstić information content (AvgIpc) is 3.35. The standard InChI is InChI=1S/C19H23N5O2S2/c1-14-10-19(5-2-7-24(19)12-14)13-22-17-4-3-16(9-15(17)11-20)28(25,26)23-18-21-6-8-27-18/h3-4,6,8-9,14,22H,2,5,7,10,12-13H2,1H3,(H,21,23). The summed E-state index contributed by atoms with van der Waals surface area (Å²) in [7, 11) is -3.78. The Balaban J connectivity index is 1.52. The van der Waals surface area contributed by atoms with Crippen LogP contribution < -0.4 is 10.0 Å². The van der Waals surface area contributed by atoms with Gasteiger partial charge in [0.25, 0.3) is 10.0 Å². The van der Waals surface area contributed by atoms with Crippen molar-refractivity contribution in [2.45, 2.75) is 36.6 Å². The molecular formula is C19H23N5O2S2. The number of anilines is 2. The Morgan fingerprint density at radius 1 is 1.46 bits per heavy atom. The Morgan fingerprint density at radius 2 is 2.32 bits per heavy atom. The van der Waals surface area contributed by atoms with Crippen LogP contribution in [0.2, 0.25) is 0 Å². The summed E-state index contributed by atoms with van der Waals surface area (Å²) in [5.74, 6) is 0.682. The van der Waals surface area contributed by atoms with E-state index in [0.717, 1.165) is 32.5 Å². The van der Waals surface area contributed by atoms with Gasteiger partial charge in [0.05, 0.1) is 16.1 Å². The summed E-state index contributed by atoms with van der Waals surface area (Å²) in [5.41, 5.74) is 1.16. The number of sulfonamides is 1. The molecule has 0 aliphatic carbocycles. The number of nitrogens with one attached hydrogen (secondary N) is 2. The summed E-state index contributed by atoms with van der Waals surface area (Å²) in [6.45, 7) is 5.33. The van der Waals surface area contributed by atoms with Crippen LogP contribution in [0.1, 0.15) is 31.7 Å². The maximum absolute atomic E-state index is 12.5. The van der Waals surface area contributed by atoms with Crippen LogP contribution in [0.5, 0.6) is 0 Å². The van der Waals surface area contributed by atoms with Crippen molar-refractivity contribution in [3.63, 3.8) is 0 Å². The molecule has 2 aliphatic heterocycles. The van der Waals surface area contributed by atoms with Crippen LogP contribution in [-0.2, 0) is 10.0 Å². The molecule has 2 N–H and O–H groups in total. The second-order valence-electron chi connectivity index (χ2n) is 7.70. The molecule has 28 heavy (non-hydrogen) atoms. The van der Waals surface area contributed by atoms with Gasteiger partial charge in [0.1, 0.15) is 6.07 Å². The molecule has 0 spiro atoms. The van der Waals surface area contributed by atoms with Gasteiger partial charge >= 0.3 is 0 Å². The zero-order chi connectivity index (χ0) is 19.8. The fourth-order valence-corrected chi connectivity index (χ4v) is 6.33. The molecular weight excluding hydrogens is 394 g/mol. The molecule has 0 amide bonds. The summed E-state index contributed by atoms with van der Waals surface area (Å²) in [6.07, 6.45) is 5.06. The van der Waals surface area contributed by atoms with Crippen molar-refractivity contribution in [2.75, 3.05) is 29.7 Å². The number of nitriles is 1. The molecule has 0 radical (unpaired) electrons. The first kappa shape index (κ1) is 19.2. The number of benzene rings is 1. The third-order valence-electron chi connectivity index (χ3n) is 5.69. The predicted octanol–water partition coefficient (Wildman–Crippen LogP) is 3.10. The molecule has 1 aromatic carbocycles. The van der Waals surface area contributed by atoms with E-state index in [2.05, 4.69) is 32.9 Å². The quantitative estimate of drug-likeness (QED) is 0.749. The Labute approximate surface area is 169 Å². The zero-order valence-corrected chi connectivity index (χ0v) is 17.3. The van der Waals surface area contributed by atoms with Crippen LogP contribution >= 0.6 is 11.3 Å². The van der Waals surface area contributed by atoms with Crippen LogP contribution in [0.25, 0.3) is 0 Å². The SMILES string of the molecule is CC1CN2CCCC2(CNc2ccc(S(=O)(=O)Nc3nccs3)cc2C#N)C1. The minimum Gasteiger partial charge on any atom is -0.382 e. The highest BCUT2D eigenvalue weighted by Gasteiger charge is 2.46. The second-order valence-corrected chi connectivity index (χ2v) is 10.3. The van der Waals surface area contributed by atoms with Crippen LogP contribution in [0.15, 0.2) is 34.7 Å². The molecule has 2 saturated heterocycles. The molecule has 2 atom stereocenters. The van der Waals surface area contributed by atoms with Gasteiger partial charge in [-0.1, -0.05) is 6.92 Å². The fourth-order valence-electron chi connectivity index (χ4n) is 4.52. The zero-order valence-electron chi connectivity index (χ0n) is 15.7. The number of hydrogen-bond acceptors (Lipinski definition) is 7. The van der Waals surface area contributed by atoms with E-state index >= 15 is 0 Å². The van der Waals surface area contributed by atoms with Crippen LogP contribution in [-0.4, -0.2) is 43.5 Å². The van der Waals surface area contributed by atoms with Crippen LogP contribution in [0.3, 0.4) is 0 Å². The van der Waals surface area contributed by atoms with Gasteiger partial charge in [0.2, 0.25) is 0 Å². The van der Waals surface area contributed by atoms with E-state index in [4.69, 9.17) is 0 Å². The molecule has 148 valence electrons. The monoisotopic (exact) mass is 417 g/mol. The van der Waals surface area contributed by atoms with E-state index < -0.39 is 10.0 Å². The molecule has 2 aliphatic rings. The molecule has 2 aromatic rings. The molecule has 2 unspecified atom stereocenters. The Hall–Kier alpha value is -2.15. The molecule has 3 heterocycles. The lowest BCUT2D eigenvalue weighted by atomic mass is 9.90. The Bertz CT molecular complexity index is 1000. The van der Waals surface area contributed by atoms with Crippen molar-refractivity contribution in [1.29, 1.82) is 5.26 Å². The predicted molar refractivity (Wildman–Crippen MR) is 110 cm³/mol. The van der Waals surface area contributed by atoms with Gasteiger partial charge in [-0.2, -0.15) is 5.26 Å². The van der Waals surface area contributed by atoms with Crippen LogP contribution in [0.4, 0.5) is 10.8 Å². The summed E-state index contributed by atoms with van der Waals surface area (Å²) < 4.78 is 27.5. The molecule has 0 saturated carbocycles. The van der Waals surface area contributed by atoms with E-state index in [9.17, 15) is 13.7 Å². The van der Waals surface area contributed by atoms with E-state index in [1.54, 1.807) is 11.4 Å². The lowest BCUT2D eigenvalue weighted by molar-refractivity contribution is 0.209. The molecule has 1 aromatic heterocycles. The average molecular weight is 418 g/mol. The van der Waals surface area contributed by atoms with E-state index in [-0.39, 0.29) is 10.4 Å². The van der Waals surface area contributed by atoms with Crippen molar-refractivity contribution in [1.82, 2.24) is 9.88 Å². The summed E-state index contributed by atoms with van der Waals surface area (Å²) in [6, 6.07) is 6.76. The van der Waals surface area contributed by atoms with Gasteiger partial charge in [-0.3, -0.25) is 9.62 Å². The largest absolute Gasteiger partial charge is 0.382 e. The third-order valence-corrected chi connectivity index (χ3v) is 7.84. The van der Waals surface area contributed by atoms with Gasteiger partial charge in [-0.05, 0) is 49.9 Å². The maximum atomic E-state index is 12.5. The summed E-state index contributed by atoms with van der Waals surface area (Å²) in [5, 5.41) is 15.0. The van der Waals surface area contributed by atoms with Crippen molar-refractivity contribution in [3.8, 4) is 6.07 Å². The number of rotatable bonds is 6. The number of fused-ring (bicyclic) bond motifs is 1.